The molecule has 0 radical (unpaired) electrons. The van der Waals surface area contributed by atoms with Crippen molar-refractivity contribution in [3.05, 3.63) is 63.0 Å². The summed E-state index contributed by atoms with van der Waals surface area (Å²) < 4.78 is 16.9. The summed E-state index contributed by atoms with van der Waals surface area (Å²) in [4.78, 5) is 31.6. The van der Waals surface area contributed by atoms with Gasteiger partial charge in [-0.2, -0.15) is 4.99 Å². The molecule has 0 unspecified atom stereocenters. The third-order valence-corrected chi connectivity index (χ3v) is 6.41. The third-order valence-electron chi connectivity index (χ3n) is 4.67. The van der Waals surface area contributed by atoms with Gasteiger partial charge in [-0.15, -0.1) is 0 Å². The van der Waals surface area contributed by atoms with Crippen molar-refractivity contribution in [3.63, 3.8) is 0 Å². The molecule has 1 amide bonds. The van der Waals surface area contributed by atoms with Gasteiger partial charge in [0.2, 0.25) is 0 Å². The molecule has 0 saturated carbocycles. The number of morpholine rings is 1. The van der Waals surface area contributed by atoms with Crippen LogP contribution in [-0.4, -0.2) is 55.4 Å². The standard InChI is InChI=1S/C22H19BrN2O5S/c1-28-18-12-14(6-7-17(18)30-21(27)15-4-2-3-5-16(15)23)13-19-20(26)24-22(31-19)25-8-10-29-11-9-25/h2-7,12-13H,8-11H2,1H3/b19-13+. The maximum absolute atomic E-state index is 12.5. The first-order valence-electron chi connectivity index (χ1n) is 9.55. The van der Waals surface area contributed by atoms with Crippen molar-refractivity contribution in [3.8, 4) is 11.5 Å². The Labute approximate surface area is 192 Å². The molecule has 0 aromatic heterocycles. The number of nitrogens with zero attached hydrogens (tertiary/aromatic N) is 2. The maximum Gasteiger partial charge on any atom is 0.344 e. The average molecular weight is 503 g/mol. The predicted molar refractivity (Wildman–Crippen MR) is 122 cm³/mol. The van der Waals surface area contributed by atoms with E-state index >= 15 is 0 Å². The molecule has 4 rings (SSSR count). The summed E-state index contributed by atoms with van der Waals surface area (Å²) >= 11 is 4.70. The quantitative estimate of drug-likeness (QED) is 0.355. The summed E-state index contributed by atoms with van der Waals surface area (Å²) in [5.41, 5.74) is 1.16. The zero-order chi connectivity index (χ0) is 21.8. The fourth-order valence-corrected chi connectivity index (χ4v) is 4.49. The number of amidine groups is 1. The number of benzene rings is 2. The summed E-state index contributed by atoms with van der Waals surface area (Å²) in [6.45, 7) is 2.70. The molecule has 1 fully saturated rings. The second kappa shape index (κ2) is 9.67. The lowest BCUT2D eigenvalue weighted by molar-refractivity contribution is -0.113. The topological polar surface area (TPSA) is 77.4 Å². The van der Waals surface area contributed by atoms with Crippen molar-refractivity contribution in [1.82, 2.24) is 4.90 Å². The van der Waals surface area contributed by atoms with Crippen LogP contribution in [0.3, 0.4) is 0 Å². The summed E-state index contributed by atoms with van der Waals surface area (Å²) in [6.07, 6.45) is 1.76. The lowest BCUT2D eigenvalue weighted by atomic mass is 10.2. The Balaban J connectivity index is 1.50. The van der Waals surface area contributed by atoms with E-state index in [9.17, 15) is 9.59 Å². The van der Waals surface area contributed by atoms with Gasteiger partial charge in [0, 0.05) is 17.6 Å². The first kappa shape index (κ1) is 21.6. The number of carbonyl (C=O) groups excluding carboxylic acids is 2. The summed E-state index contributed by atoms with van der Waals surface area (Å²) in [5.74, 6) is -0.0857. The van der Waals surface area contributed by atoms with Gasteiger partial charge < -0.3 is 19.1 Å². The highest BCUT2D eigenvalue weighted by atomic mass is 79.9. The van der Waals surface area contributed by atoms with Crippen LogP contribution in [0.4, 0.5) is 0 Å². The van der Waals surface area contributed by atoms with Gasteiger partial charge >= 0.3 is 5.97 Å². The summed E-state index contributed by atoms with van der Waals surface area (Å²) in [7, 11) is 1.50. The first-order chi connectivity index (χ1) is 15.0. The van der Waals surface area contributed by atoms with E-state index in [0.29, 0.717) is 44.8 Å². The Morgan fingerprint density at radius 3 is 2.71 bits per heavy atom. The Morgan fingerprint density at radius 2 is 1.97 bits per heavy atom. The second-order valence-corrected chi connectivity index (χ2v) is 8.55. The molecule has 31 heavy (non-hydrogen) atoms. The fourth-order valence-electron chi connectivity index (χ4n) is 3.08. The molecule has 0 N–H and O–H groups in total. The van der Waals surface area contributed by atoms with E-state index in [4.69, 9.17) is 14.2 Å². The molecule has 9 heteroatoms. The van der Waals surface area contributed by atoms with E-state index in [1.807, 2.05) is 6.07 Å². The molecule has 160 valence electrons. The van der Waals surface area contributed by atoms with Crippen LogP contribution in [0.15, 0.2) is 56.8 Å². The van der Waals surface area contributed by atoms with Crippen LogP contribution in [0.25, 0.3) is 6.08 Å². The van der Waals surface area contributed by atoms with Crippen LogP contribution in [0.2, 0.25) is 0 Å². The summed E-state index contributed by atoms with van der Waals surface area (Å²) in [5, 5.41) is 0.700. The Bertz CT molecular complexity index is 1080. The van der Waals surface area contributed by atoms with Crippen LogP contribution in [0.1, 0.15) is 15.9 Å². The van der Waals surface area contributed by atoms with E-state index in [1.165, 1.54) is 18.9 Å². The van der Waals surface area contributed by atoms with E-state index in [0.717, 1.165) is 18.7 Å². The average Bonchev–Trinajstić information content (AvgIpc) is 3.15. The van der Waals surface area contributed by atoms with E-state index < -0.39 is 5.97 Å². The number of esters is 1. The minimum Gasteiger partial charge on any atom is -0.493 e. The molecule has 0 aliphatic carbocycles. The Kier molecular flexibility index (Phi) is 6.74. The largest absolute Gasteiger partial charge is 0.493 e. The number of thioether (sulfide) groups is 1. The van der Waals surface area contributed by atoms with Gasteiger partial charge in [0.1, 0.15) is 0 Å². The van der Waals surface area contributed by atoms with Crippen molar-refractivity contribution in [1.29, 1.82) is 0 Å². The number of carbonyl (C=O) groups is 2. The van der Waals surface area contributed by atoms with Gasteiger partial charge in [-0.1, -0.05) is 18.2 Å². The number of amides is 1. The number of hydrogen-bond acceptors (Lipinski definition) is 7. The zero-order valence-corrected chi connectivity index (χ0v) is 19.1. The minimum atomic E-state index is -0.498. The molecule has 2 aliphatic rings. The third kappa shape index (κ3) is 5.00. The zero-order valence-electron chi connectivity index (χ0n) is 16.7. The van der Waals surface area contributed by atoms with Crippen molar-refractivity contribution < 1.29 is 23.8 Å². The highest BCUT2D eigenvalue weighted by Gasteiger charge is 2.27. The molecule has 0 atom stereocenters. The van der Waals surface area contributed by atoms with Gasteiger partial charge in [-0.25, -0.2) is 4.79 Å². The Hall–Kier alpha value is -2.62. The predicted octanol–water partition coefficient (Wildman–Crippen LogP) is 3.98. The van der Waals surface area contributed by atoms with Gasteiger partial charge in [-0.05, 0) is 63.6 Å². The highest BCUT2D eigenvalue weighted by molar-refractivity contribution is 9.10. The molecule has 2 heterocycles. The fraction of sp³-hybridized carbons (Fsp3) is 0.227. The van der Waals surface area contributed by atoms with Crippen LogP contribution in [0, 0.1) is 0 Å². The monoisotopic (exact) mass is 502 g/mol. The summed E-state index contributed by atoms with van der Waals surface area (Å²) in [6, 6.07) is 12.2. The highest BCUT2D eigenvalue weighted by Crippen LogP contribution is 2.34. The lowest BCUT2D eigenvalue weighted by Gasteiger charge is -2.27. The van der Waals surface area contributed by atoms with Crippen molar-refractivity contribution in [2.45, 2.75) is 0 Å². The number of hydrogen-bond donors (Lipinski definition) is 0. The molecule has 2 aromatic carbocycles. The van der Waals surface area contributed by atoms with E-state index in [1.54, 1.807) is 42.5 Å². The second-order valence-electron chi connectivity index (χ2n) is 6.69. The normalized spacial score (nSPS) is 17.6. The number of ether oxygens (including phenoxy) is 3. The van der Waals surface area contributed by atoms with Crippen LogP contribution >= 0.6 is 27.7 Å². The van der Waals surface area contributed by atoms with E-state index in [-0.39, 0.29) is 5.91 Å². The van der Waals surface area contributed by atoms with Crippen LogP contribution < -0.4 is 9.47 Å². The molecule has 1 saturated heterocycles. The molecule has 7 nitrogen and oxygen atoms in total. The number of rotatable bonds is 4. The number of halogens is 1. The SMILES string of the molecule is COc1cc(/C=C2/SC(N3CCOCC3)=NC2=O)ccc1OC(=O)c1ccccc1Br. The number of methoxy groups -OCH3 is 1. The maximum atomic E-state index is 12.5. The van der Waals surface area contributed by atoms with Gasteiger partial charge in [0.25, 0.3) is 5.91 Å². The van der Waals surface area contributed by atoms with Crippen LogP contribution in [0.5, 0.6) is 11.5 Å². The van der Waals surface area contributed by atoms with Crippen molar-refractivity contribution in [2.24, 2.45) is 4.99 Å². The molecular formula is C22H19BrN2O5S. The van der Waals surface area contributed by atoms with Crippen molar-refractivity contribution >= 4 is 50.8 Å². The molecule has 2 aliphatic heterocycles. The first-order valence-corrected chi connectivity index (χ1v) is 11.2. The van der Waals surface area contributed by atoms with Gasteiger partial charge in [0.15, 0.2) is 16.7 Å². The van der Waals surface area contributed by atoms with Gasteiger partial charge in [-0.3, -0.25) is 4.79 Å². The van der Waals surface area contributed by atoms with Crippen molar-refractivity contribution in [2.75, 3.05) is 33.4 Å². The minimum absolute atomic E-state index is 0.269. The van der Waals surface area contributed by atoms with Gasteiger partial charge in [0.05, 0.1) is 30.8 Å². The van der Waals surface area contributed by atoms with Crippen LogP contribution in [-0.2, 0) is 9.53 Å². The molecule has 2 aromatic rings. The molecule has 0 spiro atoms. The lowest BCUT2D eigenvalue weighted by Crippen LogP contribution is -2.38. The molecule has 0 bridgehead atoms. The molecular weight excluding hydrogens is 484 g/mol. The van der Waals surface area contributed by atoms with E-state index in [2.05, 4.69) is 25.8 Å². The Morgan fingerprint density at radius 1 is 1.19 bits per heavy atom. The number of aliphatic imine (C=N–C) groups is 1. The smallest absolute Gasteiger partial charge is 0.344 e.